The van der Waals surface area contributed by atoms with E-state index in [4.69, 9.17) is 4.74 Å². The molecule has 0 aliphatic carbocycles. The van der Waals surface area contributed by atoms with Gasteiger partial charge in [-0.2, -0.15) is 5.26 Å². The fraction of sp³-hybridized carbons (Fsp3) is 0.600. The van der Waals surface area contributed by atoms with Crippen LogP contribution in [0.25, 0.3) is 6.08 Å². The smallest absolute Gasteiger partial charge is 0.261 e. The summed E-state index contributed by atoms with van der Waals surface area (Å²) >= 11 is 0. The fourth-order valence-corrected chi connectivity index (χ4v) is 3.21. The number of hydrogen-bond donors (Lipinski definition) is 1. The number of ether oxygens (including phenoxy) is 1. The van der Waals surface area contributed by atoms with Gasteiger partial charge in [-0.3, -0.25) is 4.79 Å². The van der Waals surface area contributed by atoms with E-state index in [1.807, 2.05) is 26.0 Å². The van der Waals surface area contributed by atoms with Crippen LogP contribution in [0.2, 0.25) is 0 Å². The number of likely N-dealkylation sites (N-methyl/N-ethyl adjacent to an activating group) is 1. The van der Waals surface area contributed by atoms with Crippen molar-refractivity contribution in [1.29, 1.82) is 5.26 Å². The highest BCUT2D eigenvalue weighted by Crippen LogP contribution is 2.22. The van der Waals surface area contributed by atoms with Gasteiger partial charge in [0.05, 0.1) is 12.6 Å². The standard InChI is InChI=1S/C20H32N4O2/c1-7-23(8-2)10-9-22-20(25)19(13-21)12-18-11-15(3)24(17(18)5)16(4)14-26-6/h11-12,16H,7-10,14H2,1-6H3,(H,22,25)/b19-12+. The summed E-state index contributed by atoms with van der Waals surface area (Å²) in [6.45, 7) is 14.1. The van der Waals surface area contributed by atoms with Gasteiger partial charge in [0.25, 0.3) is 5.91 Å². The minimum Gasteiger partial charge on any atom is -0.383 e. The van der Waals surface area contributed by atoms with Crippen LogP contribution in [-0.2, 0) is 9.53 Å². The lowest BCUT2D eigenvalue weighted by Crippen LogP contribution is -2.35. The molecule has 144 valence electrons. The lowest BCUT2D eigenvalue weighted by molar-refractivity contribution is -0.117. The Hall–Kier alpha value is -2.10. The van der Waals surface area contributed by atoms with Gasteiger partial charge in [0, 0.05) is 31.6 Å². The van der Waals surface area contributed by atoms with Crippen molar-refractivity contribution in [3.8, 4) is 6.07 Å². The van der Waals surface area contributed by atoms with Gasteiger partial charge >= 0.3 is 0 Å². The first-order valence-corrected chi connectivity index (χ1v) is 9.19. The van der Waals surface area contributed by atoms with Gasteiger partial charge < -0.3 is 19.5 Å². The van der Waals surface area contributed by atoms with Gasteiger partial charge in [-0.05, 0) is 51.6 Å². The van der Waals surface area contributed by atoms with Gasteiger partial charge in [-0.15, -0.1) is 0 Å². The minimum atomic E-state index is -0.325. The van der Waals surface area contributed by atoms with E-state index in [0.717, 1.165) is 36.6 Å². The molecule has 0 saturated carbocycles. The van der Waals surface area contributed by atoms with E-state index in [9.17, 15) is 10.1 Å². The predicted octanol–water partition coefficient (Wildman–Crippen LogP) is 2.68. The van der Waals surface area contributed by atoms with Crippen molar-refractivity contribution >= 4 is 12.0 Å². The monoisotopic (exact) mass is 360 g/mol. The second-order valence-corrected chi connectivity index (χ2v) is 6.45. The summed E-state index contributed by atoms with van der Waals surface area (Å²) in [5.41, 5.74) is 3.12. The van der Waals surface area contributed by atoms with Crippen LogP contribution in [0.4, 0.5) is 0 Å². The molecule has 1 N–H and O–H groups in total. The topological polar surface area (TPSA) is 70.3 Å². The zero-order chi connectivity index (χ0) is 19.7. The quantitative estimate of drug-likeness (QED) is 0.514. The molecule has 1 aromatic rings. The average Bonchev–Trinajstić information content (AvgIpc) is 2.90. The van der Waals surface area contributed by atoms with Gasteiger partial charge in [-0.25, -0.2) is 0 Å². The van der Waals surface area contributed by atoms with Crippen molar-refractivity contribution in [2.24, 2.45) is 0 Å². The number of methoxy groups -OCH3 is 1. The molecular formula is C20H32N4O2. The average molecular weight is 361 g/mol. The number of rotatable bonds is 10. The zero-order valence-electron chi connectivity index (χ0n) is 16.9. The van der Waals surface area contributed by atoms with Crippen molar-refractivity contribution in [1.82, 2.24) is 14.8 Å². The highest BCUT2D eigenvalue weighted by atomic mass is 16.5. The molecule has 0 spiro atoms. The van der Waals surface area contributed by atoms with Crippen LogP contribution in [0.1, 0.15) is 43.8 Å². The van der Waals surface area contributed by atoms with Crippen molar-refractivity contribution in [2.75, 3.05) is 39.9 Å². The molecule has 1 heterocycles. The number of aryl methyl sites for hydroxylation is 1. The van der Waals surface area contributed by atoms with Crippen LogP contribution in [0.3, 0.4) is 0 Å². The maximum Gasteiger partial charge on any atom is 0.261 e. The Balaban J connectivity index is 2.91. The van der Waals surface area contributed by atoms with Gasteiger partial charge in [0.2, 0.25) is 0 Å². The third kappa shape index (κ3) is 5.72. The van der Waals surface area contributed by atoms with E-state index in [1.165, 1.54) is 0 Å². The number of carbonyl (C=O) groups excluding carboxylic acids is 1. The van der Waals surface area contributed by atoms with Crippen LogP contribution in [0, 0.1) is 25.2 Å². The number of aromatic nitrogens is 1. The van der Waals surface area contributed by atoms with E-state index in [-0.39, 0.29) is 17.5 Å². The summed E-state index contributed by atoms with van der Waals surface area (Å²) in [5, 5.41) is 12.2. The molecule has 0 aliphatic heterocycles. The number of nitrogens with one attached hydrogen (secondary N) is 1. The highest BCUT2D eigenvalue weighted by Gasteiger charge is 2.15. The molecule has 1 rings (SSSR count). The third-order valence-corrected chi connectivity index (χ3v) is 4.65. The molecule has 1 amide bonds. The number of nitriles is 1. The van der Waals surface area contributed by atoms with E-state index in [1.54, 1.807) is 13.2 Å². The second-order valence-electron chi connectivity index (χ2n) is 6.45. The largest absolute Gasteiger partial charge is 0.383 e. The summed E-state index contributed by atoms with van der Waals surface area (Å²) in [5.74, 6) is -0.325. The Morgan fingerprint density at radius 1 is 1.42 bits per heavy atom. The third-order valence-electron chi connectivity index (χ3n) is 4.65. The molecule has 0 fully saturated rings. The van der Waals surface area contributed by atoms with Crippen LogP contribution < -0.4 is 5.32 Å². The summed E-state index contributed by atoms with van der Waals surface area (Å²) in [7, 11) is 1.68. The Bertz CT molecular complexity index is 666. The molecule has 6 heteroatoms. The first kappa shape index (κ1) is 21.9. The molecule has 6 nitrogen and oxygen atoms in total. The molecule has 1 atom stereocenters. The Morgan fingerprint density at radius 2 is 2.08 bits per heavy atom. The molecule has 0 bridgehead atoms. The molecular weight excluding hydrogens is 328 g/mol. The number of hydrogen-bond acceptors (Lipinski definition) is 4. The highest BCUT2D eigenvalue weighted by molar-refractivity contribution is 6.01. The fourth-order valence-electron chi connectivity index (χ4n) is 3.21. The van der Waals surface area contributed by atoms with Crippen LogP contribution in [0.15, 0.2) is 11.6 Å². The first-order valence-electron chi connectivity index (χ1n) is 9.19. The number of amides is 1. The summed E-state index contributed by atoms with van der Waals surface area (Å²) < 4.78 is 7.41. The second kappa shape index (κ2) is 10.8. The van der Waals surface area contributed by atoms with Crippen LogP contribution >= 0.6 is 0 Å². The van der Waals surface area contributed by atoms with Gasteiger partial charge in [-0.1, -0.05) is 13.8 Å². The molecule has 0 aliphatic rings. The minimum absolute atomic E-state index is 0.129. The molecule has 0 saturated heterocycles. The van der Waals surface area contributed by atoms with E-state index >= 15 is 0 Å². The normalized spacial score (nSPS) is 12.9. The Labute approximate surface area is 157 Å². The van der Waals surface area contributed by atoms with E-state index in [2.05, 4.69) is 35.6 Å². The van der Waals surface area contributed by atoms with E-state index in [0.29, 0.717) is 13.2 Å². The van der Waals surface area contributed by atoms with Crippen molar-refractivity contribution < 1.29 is 9.53 Å². The number of nitrogens with zero attached hydrogens (tertiary/aromatic N) is 3. The lowest BCUT2D eigenvalue weighted by Gasteiger charge is -2.18. The van der Waals surface area contributed by atoms with E-state index < -0.39 is 0 Å². The summed E-state index contributed by atoms with van der Waals surface area (Å²) in [6, 6.07) is 4.22. The van der Waals surface area contributed by atoms with Crippen LogP contribution in [0.5, 0.6) is 0 Å². The SMILES string of the molecule is CCN(CC)CCNC(=O)/C(C#N)=C/c1cc(C)n(C(C)COC)c1C. The zero-order valence-corrected chi connectivity index (χ0v) is 16.9. The Kier molecular flexibility index (Phi) is 9.11. The van der Waals surface area contributed by atoms with Crippen molar-refractivity contribution in [3.05, 3.63) is 28.6 Å². The molecule has 1 aromatic heterocycles. The molecule has 26 heavy (non-hydrogen) atoms. The maximum atomic E-state index is 12.3. The van der Waals surface area contributed by atoms with Crippen molar-refractivity contribution in [2.45, 2.75) is 40.7 Å². The summed E-state index contributed by atoms with van der Waals surface area (Å²) in [4.78, 5) is 14.6. The number of carbonyl (C=O) groups is 1. The van der Waals surface area contributed by atoms with Gasteiger partial charge in [0.15, 0.2) is 0 Å². The van der Waals surface area contributed by atoms with Gasteiger partial charge in [0.1, 0.15) is 11.6 Å². The lowest BCUT2D eigenvalue weighted by atomic mass is 10.1. The predicted molar refractivity (Wildman–Crippen MR) is 105 cm³/mol. The Morgan fingerprint density at radius 3 is 2.62 bits per heavy atom. The molecule has 1 unspecified atom stereocenters. The maximum absolute atomic E-state index is 12.3. The first-order chi connectivity index (χ1) is 12.4. The summed E-state index contributed by atoms with van der Waals surface area (Å²) in [6.07, 6.45) is 1.67. The van der Waals surface area contributed by atoms with Crippen molar-refractivity contribution in [3.63, 3.8) is 0 Å². The molecule has 0 radical (unpaired) electrons. The molecule has 0 aromatic carbocycles. The van der Waals surface area contributed by atoms with Crippen LogP contribution in [-0.4, -0.2) is 55.3 Å².